The summed E-state index contributed by atoms with van der Waals surface area (Å²) in [6.45, 7) is 2.25. The van der Waals surface area contributed by atoms with Crippen molar-refractivity contribution < 1.29 is 18.3 Å². The van der Waals surface area contributed by atoms with Gasteiger partial charge in [-0.15, -0.1) is 0 Å². The number of carbonyl (C=O) groups excluding carboxylic acids is 1. The lowest BCUT2D eigenvalue weighted by Gasteiger charge is -2.17. The Bertz CT molecular complexity index is 1070. The van der Waals surface area contributed by atoms with Crippen LogP contribution < -0.4 is 10.1 Å². The van der Waals surface area contributed by atoms with Crippen molar-refractivity contribution in [2.24, 2.45) is 7.05 Å². The van der Waals surface area contributed by atoms with Gasteiger partial charge in [-0.05, 0) is 48.9 Å². The molecule has 0 aliphatic carbocycles. The normalized spacial score (nSPS) is 16.4. The Kier molecular flexibility index (Phi) is 6.27. The molecule has 1 aliphatic rings. The molecular formula is C23H24F2N4O2. The zero-order valence-electron chi connectivity index (χ0n) is 17.2. The van der Waals surface area contributed by atoms with E-state index in [4.69, 9.17) is 4.74 Å². The van der Waals surface area contributed by atoms with E-state index in [1.165, 1.54) is 18.2 Å². The molecule has 1 amide bonds. The first kappa shape index (κ1) is 21.0. The van der Waals surface area contributed by atoms with Gasteiger partial charge in [-0.25, -0.2) is 8.78 Å². The fraction of sp³-hybridized carbons (Fsp3) is 0.304. The molecule has 1 saturated heterocycles. The fourth-order valence-corrected chi connectivity index (χ4v) is 3.68. The number of aryl methyl sites for hydroxylation is 1. The molecule has 1 atom stereocenters. The van der Waals surface area contributed by atoms with E-state index >= 15 is 0 Å². The molecule has 2 heterocycles. The first-order chi connectivity index (χ1) is 15.0. The Hall–Kier alpha value is -3.26. The van der Waals surface area contributed by atoms with Crippen molar-refractivity contribution in [1.29, 1.82) is 0 Å². The Morgan fingerprint density at radius 3 is 2.84 bits per heavy atom. The van der Waals surface area contributed by atoms with Crippen LogP contribution in [0.25, 0.3) is 11.3 Å². The van der Waals surface area contributed by atoms with Crippen molar-refractivity contribution in [2.45, 2.75) is 12.6 Å². The van der Waals surface area contributed by atoms with Gasteiger partial charge in [0.1, 0.15) is 24.3 Å². The molecule has 0 radical (unpaired) electrons. The lowest BCUT2D eigenvalue weighted by molar-refractivity contribution is 0.102. The van der Waals surface area contributed by atoms with Crippen LogP contribution in [0, 0.1) is 5.82 Å². The summed E-state index contributed by atoms with van der Waals surface area (Å²) in [5, 5.41) is 7.02. The van der Waals surface area contributed by atoms with Crippen molar-refractivity contribution in [2.75, 3.05) is 31.6 Å². The molecule has 2 aromatic carbocycles. The second-order valence-electron chi connectivity index (χ2n) is 7.55. The molecule has 0 unspecified atom stereocenters. The van der Waals surface area contributed by atoms with Gasteiger partial charge in [0.05, 0.1) is 5.69 Å². The second-order valence-corrected chi connectivity index (χ2v) is 7.55. The molecular weight excluding hydrogens is 402 g/mol. The maximum absolute atomic E-state index is 13.4. The molecule has 31 heavy (non-hydrogen) atoms. The lowest BCUT2D eigenvalue weighted by atomic mass is 10.1. The van der Waals surface area contributed by atoms with Crippen LogP contribution in [0.1, 0.15) is 16.8 Å². The summed E-state index contributed by atoms with van der Waals surface area (Å²) >= 11 is 0. The van der Waals surface area contributed by atoms with Gasteiger partial charge in [0.2, 0.25) is 0 Å². The van der Waals surface area contributed by atoms with Gasteiger partial charge in [0.15, 0.2) is 0 Å². The molecule has 162 valence electrons. The van der Waals surface area contributed by atoms with Gasteiger partial charge < -0.3 is 10.1 Å². The average molecular weight is 426 g/mol. The predicted octanol–water partition coefficient (Wildman–Crippen LogP) is 3.90. The van der Waals surface area contributed by atoms with Crippen molar-refractivity contribution in [3.05, 3.63) is 66.1 Å². The number of hydrogen-bond acceptors (Lipinski definition) is 4. The zero-order chi connectivity index (χ0) is 21.8. The van der Waals surface area contributed by atoms with Crippen LogP contribution in [0.5, 0.6) is 5.75 Å². The van der Waals surface area contributed by atoms with E-state index in [1.807, 2.05) is 18.0 Å². The second kappa shape index (κ2) is 9.26. The molecule has 0 saturated carbocycles. The van der Waals surface area contributed by atoms with Crippen LogP contribution in [-0.4, -0.2) is 53.0 Å². The molecule has 0 spiro atoms. The fourth-order valence-electron chi connectivity index (χ4n) is 3.68. The Morgan fingerprint density at radius 2 is 2.13 bits per heavy atom. The average Bonchev–Trinajstić information content (AvgIpc) is 3.36. The number of carbonyl (C=O) groups is 1. The minimum atomic E-state index is -0.758. The Morgan fingerprint density at radius 1 is 1.26 bits per heavy atom. The third-order valence-corrected chi connectivity index (χ3v) is 5.30. The van der Waals surface area contributed by atoms with E-state index in [9.17, 15) is 13.6 Å². The number of ether oxygens (including phenoxy) is 1. The Balaban J connectivity index is 1.52. The van der Waals surface area contributed by atoms with E-state index in [-0.39, 0.29) is 5.56 Å². The van der Waals surface area contributed by atoms with Gasteiger partial charge in [-0.1, -0.05) is 6.07 Å². The monoisotopic (exact) mass is 426 g/mol. The van der Waals surface area contributed by atoms with Gasteiger partial charge in [0, 0.05) is 49.7 Å². The van der Waals surface area contributed by atoms with E-state index in [2.05, 4.69) is 10.4 Å². The van der Waals surface area contributed by atoms with Crippen LogP contribution in [0.3, 0.4) is 0 Å². The summed E-state index contributed by atoms with van der Waals surface area (Å²) in [4.78, 5) is 14.5. The molecule has 0 bridgehead atoms. The highest BCUT2D eigenvalue weighted by Crippen LogP contribution is 2.32. The summed E-state index contributed by atoms with van der Waals surface area (Å²) in [5.41, 5.74) is 2.38. The first-order valence-electron chi connectivity index (χ1n) is 10.2. The van der Waals surface area contributed by atoms with Crippen LogP contribution in [0.15, 0.2) is 54.7 Å². The van der Waals surface area contributed by atoms with E-state index in [1.54, 1.807) is 35.1 Å². The van der Waals surface area contributed by atoms with E-state index in [0.29, 0.717) is 37.6 Å². The van der Waals surface area contributed by atoms with E-state index < -0.39 is 17.9 Å². The summed E-state index contributed by atoms with van der Waals surface area (Å²) < 4.78 is 34.5. The minimum absolute atomic E-state index is 0.235. The number of likely N-dealkylation sites (tertiary alicyclic amines) is 1. The number of hydrogen-bond donors (Lipinski definition) is 1. The van der Waals surface area contributed by atoms with Gasteiger partial charge in [-0.3, -0.25) is 14.4 Å². The third-order valence-electron chi connectivity index (χ3n) is 5.30. The highest BCUT2D eigenvalue weighted by molar-refractivity contribution is 6.04. The molecule has 1 N–H and O–H groups in total. The van der Waals surface area contributed by atoms with Crippen molar-refractivity contribution in [3.8, 4) is 17.0 Å². The molecule has 1 fully saturated rings. The summed E-state index contributed by atoms with van der Waals surface area (Å²) in [6, 6.07) is 12.7. The highest BCUT2D eigenvalue weighted by Gasteiger charge is 2.21. The summed E-state index contributed by atoms with van der Waals surface area (Å²) in [5.74, 6) is -0.230. The zero-order valence-corrected chi connectivity index (χ0v) is 17.2. The predicted molar refractivity (Wildman–Crippen MR) is 114 cm³/mol. The molecule has 1 aliphatic heterocycles. The number of nitrogens with zero attached hydrogens (tertiary/aromatic N) is 3. The maximum Gasteiger partial charge on any atom is 0.255 e. The Labute approximate surface area is 179 Å². The number of aromatic nitrogens is 2. The van der Waals surface area contributed by atoms with Crippen molar-refractivity contribution in [1.82, 2.24) is 14.7 Å². The highest BCUT2D eigenvalue weighted by atomic mass is 19.1. The number of rotatable bonds is 7. The van der Waals surface area contributed by atoms with Crippen LogP contribution >= 0.6 is 0 Å². The van der Waals surface area contributed by atoms with Crippen LogP contribution in [0.4, 0.5) is 14.5 Å². The van der Waals surface area contributed by atoms with Gasteiger partial charge >= 0.3 is 0 Å². The van der Waals surface area contributed by atoms with Gasteiger partial charge in [0.25, 0.3) is 5.91 Å². The van der Waals surface area contributed by atoms with Crippen LogP contribution in [-0.2, 0) is 7.05 Å². The van der Waals surface area contributed by atoms with Crippen molar-refractivity contribution >= 4 is 11.6 Å². The SMILES string of the molecule is Cn1nccc1-c1cc(NC(=O)c2cccc(F)c2)ccc1OCCN1CC[C@H](F)C1. The number of nitrogens with one attached hydrogen (secondary N) is 1. The third kappa shape index (κ3) is 5.08. The summed E-state index contributed by atoms with van der Waals surface area (Å²) in [7, 11) is 1.82. The molecule has 3 aromatic rings. The lowest BCUT2D eigenvalue weighted by Crippen LogP contribution is -2.26. The number of benzene rings is 2. The number of anilines is 1. The smallest absolute Gasteiger partial charge is 0.255 e. The van der Waals surface area contributed by atoms with Gasteiger partial charge in [-0.2, -0.15) is 5.10 Å². The number of alkyl halides is 1. The standard InChI is InChI=1S/C23H24F2N4O2/c1-28-21(7-9-26-28)20-14-19(27-23(30)16-3-2-4-17(24)13-16)5-6-22(20)31-12-11-29-10-8-18(25)15-29/h2-7,9,13-14,18H,8,10-12,15H2,1H3,(H,27,30)/t18-/m0/s1. The topological polar surface area (TPSA) is 59.4 Å². The quantitative estimate of drug-likeness (QED) is 0.623. The molecule has 4 rings (SSSR count). The number of amides is 1. The minimum Gasteiger partial charge on any atom is -0.492 e. The number of halogens is 2. The van der Waals surface area contributed by atoms with Crippen LogP contribution in [0.2, 0.25) is 0 Å². The summed E-state index contributed by atoms with van der Waals surface area (Å²) in [6.07, 6.45) is 1.49. The molecule has 8 heteroatoms. The molecule has 6 nitrogen and oxygen atoms in total. The maximum atomic E-state index is 13.4. The first-order valence-corrected chi connectivity index (χ1v) is 10.2. The van der Waals surface area contributed by atoms with E-state index in [0.717, 1.165) is 17.8 Å². The largest absolute Gasteiger partial charge is 0.492 e. The van der Waals surface area contributed by atoms with Crippen molar-refractivity contribution in [3.63, 3.8) is 0 Å². The molecule has 1 aromatic heterocycles.